The average Bonchev–Trinajstić information content (AvgIpc) is 2.57. The van der Waals surface area contributed by atoms with Gasteiger partial charge in [0.05, 0.1) is 11.7 Å². The highest BCUT2D eigenvalue weighted by atomic mass is 16.3. The van der Waals surface area contributed by atoms with Crippen LogP contribution in [0.3, 0.4) is 0 Å². The van der Waals surface area contributed by atoms with Crippen LogP contribution < -0.4 is 0 Å². The highest BCUT2D eigenvalue weighted by molar-refractivity contribution is 5.79. The number of rotatable bonds is 3. The lowest BCUT2D eigenvalue weighted by atomic mass is 10.2. The van der Waals surface area contributed by atoms with Gasteiger partial charge in [-0.2, -0.15) is 5.10 Å². The molecule has 0 radical (unpaired) electrons. The van der Waals surface area contributed by atoms with Crippen molar-refractivity contribution in [3.63, 3.8) is 0 Å². The number of unbranched alkanes of at least 4 members (excludes halogenated alkanes) is 1. The Kier molecular flexibility index (Phi) is 2.39. The summed E-state index contributed by atoms with van der Waals surface area (Å²) in [7, 11) is 0. The molecule has 0 unspecified atom stereocenters. The summed E-state index contributed by atoms with van der Waals surface area (Å²) < 4.78 is 1.94. The molecule has 0 aliphatic rings. The van der Waals surface area contributed by atoms with Crippen LogP contribution in [0.25, 0.3) is 10.9 Å². The van der Waals surface area contributed by atoms with E-state index in [4.69, 9.17) is 0 Å². The average molecular weight is 190 g/mol. The highest BCUT2D eigenvalue weighted by Crippen LogP contribution is 2.19. The van der Waals surface area contributed by atoms with Gasteiger partial charge in [-0.3, -0.25) is 4.68 Å². The molecule has 0 spiro atoms. The van der Waals surface area contributed by atoms with Gasteiger partial charge in [-0.15, -0.1) is 0 Å². The molecule has 0 aliphatic heterocycles. The highest BCUT2D eigenvalue weighted by Gasteiger charge is 2.02. The molecule has 1 heterocycles. The Balaban J connectivity index is 2.40. The standard InChI is InChI=1S/C11H14N2O/c1-2-3-6-13-11-7-10(14)5-4-9(11)8-12-13/h4-5,7-8,14H,2-3,6H2,1H3. The van der Waals surface area contributed by atoms with Gasteiger partial charge in [-0.05, 0) is 18.6 Å². The fourth-order valence-electron chi connectivity index (χ4n) is 1.54. The van der Waals surface area contributed by atoms with Gasteiger partial charge in [-0.1, -0.05) is 13.3 Å². The molecule has 0 aliphatic carbocycles. The molecule has 14 heavy (non-hydrogen) atoms. The first-order valence-electron chi connectivity index (χ1n) is 4.96. The molecule has 74 valence electrons. The largest absolute Gasteiger partial charge is 0.508 e. The summed E-state index contributed by atoms with van der Waals surface area (Å²) in [6.07, 6.45) is 4.11. The predicted octanol–water partition coefficient (Wildman–Crippen LogP) is 2.54. The van der Waals surface area contributed by atoms with Crippen molar-refractivity contribution in [1.82, 2.24) is 9.78 Å². The molecule has 0 fully saturated rings. The molecule has 0 saturated carbocycles. The molecule has 0 saturated heterocycles. The molecule has 3 heteroatoms. The first-order valence-corrected chi connectivity index (χ1v) is 4.96. The molecule has 3 nitrogen and oxygen atoms in total. The molecule has 2 rings (SSSR count). The van der Waals surface area contributed by atoms with Gasteiger partial charge in [-0.25, -0.2) is 0 Å². The van der Waals surface area contributed by atoms with Crippen LogP contribution in [0.2, 0.25) is 0 Å². The van der Waals surface area contributed by atoms with Crippen molar-refractivity contribution in [2.24, 2.45) is 0 Å². The Bertz CT molecular complexity index is 434. The number of hydrogen-bond donors (Lipinski definition) is 1. The van der Waals surface area contributed by atoms with Gasteiger partial charge in [0, 0.05) is 18.0 Å². The summed E-state index contributed by atoms with van der Waals surface area (Å²) in [5, 5.41) is 14.7. The second-order valence-electron chi connectivity index (χ2n) is 3.46. The third-order valence-electron chi connectivity index (χ3n) is 2.35. The minimum atomic E-state index is 0.302. The van der Waals surface area contributed by atoms with E-state index >= 15 is 0 Å². The van der Waals surface area contributed by atoms with Crippen molar-refractivity contribution in [3.8, 4) is 5.75 Å². The predicted molar refractivity (Wildman–Crippen MR) is 56.3 cm³/mol. The first kappa shape index (κ1) is 9.06. The number of benzene rings is 1. The summed E-state index contributed by atoms with van der Waals surface area (Å²) >= 11 is 0. The first-order chi connectivity index (χ1) is 6.81. The molecule has 1 aromatic heterocycles. The second kappa shape index (κ2) is 3.70. The van der Waals surface area contributed by atoms with Gasteiger partial charge in [0.15, 0.2) is 0 Å². The van der Waals surface area contributed by atoms with E-state index in [1.165, 1.54) is 0 Å². The molecular weight excluding hydrogens is 176 g/mol. The SMILES string of the molecule is CCCCn1ncc2ccc(O)cc21. The zero-order chi connectivity index (χ0) is 9.97. The fraction of sp³-hybridized carbons (Fsp3) is 0.364. The normalized spacial score (nSPS) is 10.9. The van der Waals surface area contributed by atoms with Gasteiger partial charge in [0.2, 0.25) is 0 Å². The van der Waals surface area contributed by atoms with Gasteiger partial charge in [0.25, 0.3) is 0 Å². The lowest BCUT2D eigenvalue weighted by Crippen LogP contribution is -1.98. The Morgan fingerprint density at radius 2 is 2.29 bits per heavy atom. The number of phenols is 1. The van der Waals surface area contributed by atoms with Gasteiger partial charge < -0.3 is 5.11 Å². The van der Waals surface area contributed by atoms with Crippen molar-refractivity contribution in [1.29, 1.82) is 0 Å². The van der Waals surface area contributed by atoms with Gasteiger partial charge in [0.1, 0.15) is 5.75 Å². The van der Waals surface area contributed by atoms with Crippen molar-refractivity contribution in [2.75, 3.05) is 0 Å². The molecular formula is C11H14N2O. The summed E-state index contributed by atoms with van der Waals surface area (Å²) in [5.74, 6) is 0.302. The van der Waals surface area contributed by atoms with E-state index in [0.29, 0.717) is 5.75 Å². The lowest BCUT2D eigenvalue weighted by Gasteiger charge is -2.01. The Morgan fingerprint density at radius 1 is 1.43 bits per heavy atom. The van der Waals surface area contributed by atoms with E-state index in [-0.39, 0.29) is 0 Å². The zero-order valence-corrected chi connectivity index (χ0v) is 8.27. The molecule has 2 aromatic rings. The Labute approximate surface area is 83.0 Å². The van der Waals surface area contributed by atoms with Crippen LogP contribution in [0.15, 0.2) is 24.4 Å². The number of aromatic hydroxyl groups is 1. The summed E-state index contributed by atoms with van der Waals surface area (Å²) in [5.41, 5.74) is 1.01. The van der Waals surface area contributed by atoms with E-state index in [9.17, 15) is 5.11 Å². The Morgan fingerprint density at radius 3 is 3.07 bits per heavy atom. The molecule has 0 atom stereocenters. The summed E-state index contributed by atoms with van der Waals surface area (Å²) in [6, 6.07) is 5.34. The van der Waals surface area contributed by atoms with E-state index in [0.717, 1.165) is 30.3 Å². The number of aromatic nitrogens is 2. The third-order valence-corrected chi connectivity index (χ3v) is 2.35. The molecule has 0 bridgehead atoms. The lowest BCUT2D eigenvalue weighted by molar-refractivity contribution is 0.475. The van der Waals surface area contributed by atoms with E-state index < -0.39 is 0 Å². The maximum Gasteiger partial charge on any atom is 0.117 e. The summed E-state index contributed by atoms with van der Waals surface area (Å²) in [6.45, 7) is 3.08. The topological polar surface area (TPSA) is 38.0 Å². The van der Waals surface area contributed by atoms with E-state index in [1.54, 1.807) is 12.1 Å². The monoisotopic (exact) mass is 190 g/mol. The van der Waals surface area contributed by atoms with Crippen molar-refractivity contribution >= 4 is 10.9 Å². The van der Waals surface area contributed by atoms with Crippen LogP contribution in [0.4, 0.5) is 0 Å². The van der Waals surface area contributed by atoms with Crippen molar-refractivity contribution < 1.29 is 5.11 Å². The second-order valence-corrected chi connectivity index (χ2v) is 3.46. The maximum atomic E-state index is 9.36. The molecule has 1 aromatic carbocycles. The van der Waals surface area contributed by atoms with E-state index in [2.05, 4.69) is 12.0 Å². The van der Waals surface area contributed by atoms with Crippen molar-refractivity contribution in [2.45, 2.75) is 26.3 Å². The molecule has 0 amide bonds. The smallest absolute Gasteiger partial charge is 0.117 e. The van der Waals surface area contributed by atoms with Crippen molar-refractivity contribution in [3.05, 3.63) is 24.4 Å². The number of aryl methyl sites for hydroxylation is 1. The van der Waals surface area contributed by atoms with Crippen LogP contribution >= 0.6 is 0 Å². The van der Waals surface area contributed by atoms with E-state index in [1.807, 2.05) is 16.9 Å². The quantitative estimate of drug-likeness (QED) is 0.807. The Hall–Kier alpha value is -1.51. The van der Waals surface area contributed by atoms with Crippen LogP contribution in [-0.2, 0) is 6.54 Å². The van der Waals surface area contributed by atoms with Crippen LogP contribution in [0.1, 0.15) is 19.8 Å². The minimum Gasteiger partial charge on any atom is -0.508 e. The van der Waals surface area contributed by atoms with Crippen LogP contribution in [0.5, 0.6) is 5.75 Å². The molecule has 1 N–H and O–H groups in total. The minimum absolute atomic E-state index is 0.302. The maximum absolute atomic E-state index is 9.36. The number of phenolic OH excluding ortho intramolecular Hbond substituents is 1. The third kappa shape index (κ3) is 1.58. The number of hydrogen-bond acceptors (Lipinski definition) is 2. The number of nitrogens with zero attached hydrogens (tertiary/aromatic N) is 2. The van der Waals surface area contributed by atoms with Crippen LogP contribution in [0, 0.1) is 0 Å². The zero-order valence-electron chi connectivity index (χ0n) is 8.27. The number of fused-ring (bicyclic) bond motifs is 1. The van der Waals surface area contributed by atoms with Crippen LogP contribution in [-0.4, -0.2) is 14.9 Å². The van der Waals surface area contributed by atoms with Gasteiger partial charge >= 0.3 is 0 Å². The fourth-order valence-corrected chi connectivity index (χ4v) is 1.54. The summed E-state index contributed by atoms with van der Waals surface area (Å²) in [4.78, 5) is 0.